The number of hydrogen-bond acceptors (Lipinski definition) is 3. The van der Waals surface area contributed by atoms with Gasteiger partial charge >= 0.3 is 6.09 Å². The Labute approximate surface area is 117 Å². The van der Waals surface area contributed by atoms with Crippen LogP contribution in [0.15, 0.2) is 41.8 Å². The summed E-state index contributed by atoms with van der Waals surface area (Å²) in [6, 6.07) is 9.35. The summed E-state index contributed by atoms with van der Waals surface area (Å²) in [6.07, 6.45) is -0.538. The smallest absolute Gasteiger partial charge is 0.409 e. The van der Waals surface area contributed by atoms with Crippen molar-refractivity contribution in [1.29, 1.82) is 0 Å². The van der Waals surface area contributed by atoms with Crippen LogP contribution < -0.4 is 0 Å². The molecule has 1 aromatic carbocycles. The molecule has 0 unspecified atom stereocenters. The molecule has 104 valence electrons. The van der Waals surface area contributed by atoms with Crippen molar-refractivity contribution < 1.29 is 14.6 Å². The number of benzene rings is 1. The van der Waals surface area contributed by atoms with Gasteiger partial charge in [-0.1, -0.05) is 30.3 Å². The molecule has 0 saturated carbocycles. The first-order valence-corrected chi connectivity index (χ1v) is 6.25. The third kappa shape index (κ3) is 2.45. The number of amides is 1. The summed E-state index contributed by atoms with van der Waals surface area (Å²) in [7, 11) is 0. The van der Waals surface area contributed by atoms with Gasteiger partial charge in [-0.3, -0.25) is 0 Å². The quantitative estimate of drug-likeness (QED) is 0.842. The van der Waals surface area contributed by atoms with E-state index in [1.807, 2.05) is 30.3 Å². The average Bonchev–Trinajstić information content (AvgIpc) is 2.68. The van der Waals surface area contributed by atoms with E-state index in [0.717, 1.165) is 5.56 Å². The predicted octanol–water partition coefficient (Wildman–Crippen LogP) is 3.11. The fraction of sp³-hybridized carbons (Fsp3) is 0.333. The first-order chi connectivity index (χ1) is 9.46. The molecule has 5 nitrogen and oxygen atoms in total. The zero-order valence-corrected chi connectivity index (χ0v) is 11.5. The fourth-order valence-corrected chi connectivity index (χ4v) is 2.08. The first kappa shape index (κ1) is 13.9. The lowest BCUT2D eigenvalue weighted by molar-refractivity contribution is 0.0699. The van der Waals surface area contributed by atoms with Gasteiger partial charge in [-0.2, -0.15) is 0 Å². The van der Waals surface area contributed by atoms with E-state index in [4.69, 9.17) is 11.3 Å². The molecule has 0 spiro atoms. The molecule has 1 aromatic rings. The minimum absolute atomic E-state index is 0.0656. The molecular weight excluding hydrogens is 256 g/mol. The molecule has 1 amide bonds. The number of nitrogens with zero attached hydrogens (tertiary/aromatic N) is 2. The standard InChI is InChI=1S/C15H16N2O3/c1-15(2)13(18)12(16-3)9-17(15)14(19)20-10-11-7-5-4-6-8-11/h4-8,18H,9-10H2,1-2H3. The van der Waals surface area contributed by atoms with Crippen molar-refractivity contribution in [2.45, 2.75) is 26.0 Å². The average molecular weight is 272 g/mol. The van der Waals surface area contributed by atoms with Crippen LogP contribution in [0.4, 0.5) is 4.79 Å². The van der Waals surface area contributed by atoms with Gasteiger partial charge in [0.25, 0.3) is 0 Å². The summed E-state index contributed by atoms with van der Waals surface area (Å²) < 4.78 is 5.24. The zero-order chi connectivity index (χ0) is 14.8. The van der Waals surface area contributed by atoms with Crippen LogP contribution >= 0.6 is 0 Å². The summed E-state index contributed by atoms with van der Waals surface area (Å²) >= 11 is 0. The Morgan fingerprint density at radius 3 is 2.65 bits per heavy atom. The largest absolute Gasteiger partial charge is 0.521 e. The highest BCUT2D eigenvalue weighted by molar-refractivity contribution is 5.71. The van der Waals surface area contributed by atoms with E-state index in [1.165, 1.54) is 4.90 Å². The maximum atomic E-state index is 12.1. The number of aliphatic hydroxyl groups excluding tert-OH is 1. The van der Waals surface area contributed by atoms with E-state index in [1.54, 1.807) is 13.8 Å². The van der Waals surface area contributed by atoms with Gasteiger partial charge in [0, 0.05) is 0 Å². The van der Waals surface area contributed by atoms with Crippen molar-refractivity contribution in [2.75, 3.05) is 6.54 Å². The van der Waals surface area contributed by atoms with E-state index in [9.17, 15) is 9.90 Å². The Morgan fingerprint density at radius 2 is 2.10 bits per heavy atom. The second-order valence-corrected chi connectivity index (χ2v) is 5.09. The molecule has 0 aromatic heterocycles. The van der Waals surface area contributed by atoms with Crippen molar-refractivity contribution >= 4 is 6.09 Å². The van der Waals surface area contributed by atoms with Gasteiger partial charge in [0.2, 0.25) is 5.70 Å². The summed E-state index contributed by atoms with van der Waals surface area (Å²) in [5.41, 5.74) is 0.167. The van der Waals surface area contributed by atoms with Gasteiger partial charge < -0.3 is 14.7 Å². The monoisotopic (exact) mass is 272 g/mol. The number of aliphatic hydroxyl groups is 1. The van der Waals surface area contributed by atoms with Crippen LogP contribution in [-0.2, 0) is 11.3 Å². The maximum Gasteiger partial charge on any atom is 0.409 e. The van der Waals surface area contributed by atoms with E-state index in [2.05, 4.69) is 4.85 Å². The first-order valence-electron chi connectivity index (χ1n) is 6.25. The highest BCUT2D eigenvalue weighted by atomic mass is 16.6. The normalized spacial score (nSPS) is 16.9. The molecule has 2 rings (SSSR count). The number of ether oxygens (including phenoxy) is 1. The van der Waals surface area contributed by atoms with Crippen LogP contribution in [0.3, 0.4) is 0 Å². The molecule has 1 heterocycles. The van der Waals surface area contributed by atoms with Crippen LogP contribution in [0.1, 0.15) is 19.4 Å². The highest BCUT2D eigenvalue weighted by Gasteiger charge is 2.43. The Kier molecular flexibility index (Phi) is 3.66. The Hall–Kier alpha value is -2.48. The molecule has 5 heteroatoms. The van der Waals surface area contributed by atoms with Crippen LogP contribution in [0, 0.1) is 6.57 Å². The highest BCUT2D eigenvalue weighted by Crippen LogP contribution is 2.33. The number of hydrogen-bond donors (Lipinski definition) is 1. The molecule has 0 saturated heterocycles. The number of carbonyl (C=O) groups excluding carboxylic acids is 1. The molecule has 1 aliphatic rings. The predicted molar refractivity (Wildman–Crippen MR) is 73.7 cm³/mol. The zero-order valence-electron chi connectivity index (χ0n) is 11.5. The van der Waals surface area contributed by atoms with Gasteiger partial charge in [-0.25, -0.2) is 9.64 Å². The molecule has 1 N–H and O–H groups in total. The Balaban J connectivity index is 2.03. The third-order valence-electron chi connectivity index (χ3n) is 3.40. The number of rotatable bonds is 2. The second-order valence-electron chi connectivity index (χ2n) is 5.09. The molecule has 0 radical (unpaired) electrons. The van der Waals surface area contributed by atoms with Crippen LogP contribution in [0.2, 0.25) is 0 Å². The van der Waals surface area contributed by atoms with Gasteiger partial charge in [-0.05, 0) is 19.4 Å². The van der Waals surface area contributed by atoms with E-state index in [0.29, 0.717) is 0 Å². The van der Waals surface area contributed by atoms with Gasteiger partial charge in [0.1, 0.15) is 12.4 Å². The van der Waals surface area contributed by atoms with Crippen molar-refractivity contribution in [3.63, 3.8) is 0 Å². The van der Waals surface area contributed by atoms with Crippen molar-refractivity contribution in [3.8, 4) is 0 Å². The van der Waals surface area contributed by atoms with Gasteiger partial charge in [0.15, 0.2) is 0 Å². The van der Waals surface area contributed by atoms with E-state index in [-0.39, 0.29) is 24.6 Å². The summed E-state index contributed by atoms with van der Waals surface area (Å²) in [5.74, 6) is -0.0656. The lowest BCUT2D eigenvalue weighted by Crippen LogP contribution is -2.45. The SMILES string of the molecule is [C-]#[N+]C1=C(O)C(C)(C)N(C(=O)OCc2ccccc2)C1. The Bertz CT molecular complexity index is 585. The van der Waals surface area contributed by atoms with Crippen LogP contribution in [-0.4, -0.2) is 28.2 Å². The number of carbonyl (C=O) groups is 1. The lowest BCUT2D eigenvalue weighted by atomic mass is 10.0. The molecule has 1 aliphatic heterocycles. The van der Waals surface area contributed by atoms with Crippen molar-refractivity contribution in [1.82, 2.24) is 4.90 Å². The molecule has 0 bridgehead atoms. The topological polar surface area (TPSA) is 54.1 Å². The van der Waals surface area contributed by atoms with Crippen molar-refractivity contribution in [2.24, 2.45) is 0 Å². The summed E-state index contributed by atoms with van der Waals surface area (Å²) in [5, 5.41) is 9.94. The minimum atomic E-state index is -0.909. The van der Waals surface area contributed by atoms with Gasteiger partial charge in [-0.15, -0.1) is 0 Å². The Morgan fingerprint density at radius 1 is 1.45 bits per heavy atom. The maximum absolute atomic E-state index is 12.1. The molecule has 0 aliphatic carbocycles. The lowest BCUT2D eigenvalue weighted by Gasteiger charge is -2.31. The fourth-order valence-electron chi connectivity index (χ4n) is 2.08. The van der Waals surface area contributed by atoms with Crippen molar-refractivity contribution in [3.05, 3.63) is 58.8 Å². The minimum Gasteiger partial charge on any atom is -0.521 e. The van der Waals surface area contributed by atoms with E-state index >= 15 is 0 Å². The van der Waals surface area contributed by atoms with Crippen LogP contribution in [0.5, 0.6) is 0 Å². The second kappa shape index (κ2) is 5.25. The van der Waals surface area contributed by atoms with Gasteiger partial charge in [0.05, 0.1) is 18.7 Å². The third-order valence-corrected chi connectivity index (χ3v) is 3.40. The molecule has 20 heavy (non-hydrogen) atoms. The molecule has 0 fully saturated rings. The van der Waals surface area contributed by atoms with E-state index < -0.39 is 11.6 Å². The molecular formula is C15H16N2O3. The summed E-state index contributed by atoms with van der Waals surface area (Å²) in [4.78, 5) is 16.7. The summed E-state index contributed by atoms with van der Waals surface area (Å²) in [6.45, 7) is 10.6. The van der Waals surface area contributed by atoms with Crippen LogP contribution in [0.25, 0.3) is 4.85 Å². The molecule has 0 atom stereocenters.